The van der Waals surface area contributed by atoms with E-state index in [-0.39, 0.29) is 11.8 Å². The molecule has 1 aromatic carbocycles. The average Bonchev–Trinajstić information content (AvgIpc) is 2.38. The molecule has 0 atom stereocenters. The minimum absolute atomic E-state index is 0.228. The number of aromatic nitrogens is 1. The van der Waals surface area contributed by atoms with E-state index in [9.17, 15) is 4.79 Å². The molecule has 0 aliphatic heterocycles. The van der Waals surface area contributed by atoms with Gasteiger partial charge in [0.1, 0.15) is 11.8 Å². The lowest BCUT2D eigenvalue weighted by molar-refractivity contribution is 0.0472. The molecule has 0 amide bonds. The van der Waals surface area contributed by atoms with Gasteiger partial charge in [0.05, 0.1) is 5.56 Å². The topological polar surface area (TPSA) is 39.2 Å². The number of ether oxygens (including phenoxy) is 1. The molecule has 5 heteroatoms. The quantitative estimate of drug-likeness (QED) is 0.635. The molecule has 0 radical (unpaired) electrons. The van der Waals surface area contributed by atoms with Crippen LogP contribution in [0.2, 0.25) is 5.15 Å². The minimum atomic E-state index is -0.415. The smallest absolute Gasteiger partial charge is 0.338 e. The van der Waals surface area contributed by atoms with Crippen LogP contribution < -0.4 is 0 Å². The molecule has 1 heterocycles. The minimum Gasteiger partial charge on any atom is -0.457 e. The van der Waals surface area contributed by atoms with Crippen molar-refractivity contribution in [2.75, 3.05) is 0 Å². The lowest BCUT2D eigenvalue weighted by Crippen LogP contribution is -2.05. The van der Waals surface area contributed by atoms with Gasteiger partial charge in [0.15, 0.2) is 0 Å². The molecule has 0 spiro atoms. The molecule has 0 saturated heterocycles. The van der Waals surface area contributed by atoms with E-state index in [2.05, 4.69) is 20.9 Å². The SMILES string of the molecule is O=C(OCc1ccc(Br)cc1)c1ccnc(Cl)c1. The first-order chi connectivity index (χ1) is 8.65. The van der Waals surface area contributed by atoms with Gasteiger partial charge in [-0.2, -0.15) is 0 Å². The molecule has 0 unspecified atom stereocenters. The molecule has 0 N–H and O–H groups in total. The third-order valence-electron chi connectivity index (χ3n) is 2.25. The van der Waals surface area contributed by atoms with E-state index in [1.807, 2.05) is 24.3 Å². The van der Waals surface area contributed by atoms with Gasteiger partial charge in [-0.15, -0.1) is 0 Å². The third-order valence-corrected chi connectivity index (χ3v) is 2.98. The maximum absolute atomic E-state index is 11.7. The molecule has 2 aromatic rings. The lowest BCUT2D eigenvalue weighted by atomic mass is 10.2. The number of nitrogens with zero attached hydrogens (tertiary/aromatic N) is 1. The van der Waals surface area contributed by atoms with Crippen LogP contribution in [0.15, 0.2) is 47.1 Å². The first-order valence-electron chi connectivity index (χ1n) is 5.18. The molecule has 0 bridgehead atoms. The van der Waals surface area contributed by atoms with Crippen LogP contribution in [0.3, 0.4) is 0 Å². The molecule has 0 fully saturated rings. The number of carbonyl (C=O) groups is 1. The second-order valence-electron chi connectivity index (χ2n) is 3.57. The highest BCUT2D eigenvalue weighted by Gasteiger charge is 2.08. The Morgan fingerprint density at radius 3 is 2.67 bits per heavy atom. The van der Waals surface area contributed by atoms with Gasteiger partial charge < -0.3 is 4.74 Å². The Kier molecular flexibility index (Phi) is 4.33. The fourth-order valence-electron chi connectivity index (χ4n) is 1.34. The van der Waals surface area contributed by atoms with Crippen LogP contribution in [0, 0.1) is 0 Å². The van der Waals surface area contributed by atoms with E-state index in [0.29, 0.717) is 5.56 Å². The predicted octanol–water partition coefficient (Wildman–Crippen LogP) is 3.85. The number of carbonyl (C=O) groups excluding carboxylic acids is 1. The van der Waals surface area contributed by atoms with E-state index in [1.165, 1.54) is 12.3 Å². The Morgan fingerprint density at radius 2 is 2.00 bits per heavy atom. The van der Waals surface area contributed by atoms with Crippen molar-refractivity contribution in [2.45, 2.75) is 6.61 Å². The summed E-state index contributed by atoms with van der Waals surface area (Å²) >= 11 is 9.04. The molecule has 1 aromatic heterocycles. The second-order valence-corrected chi connectivity index (χ2v) is 4.87. The molecular formula is C13H9BrClNO2. The molecule has 18 heavy (non-hydrogen) atoms. The van der Waals surface area contributed by atoms with Gasteiger partial charge in [0.25, 0.3) is 0 Å². The summed E-state index contributed by atoms with van der Waals surface area (Å²) < 4.78 is 6.15. The number of benzene rings is 1. The van der Waals surface area contributed by atoms with Crippen molar-refractivity contribution in [2.24, 2.45) is 0 Å². The fourth-order valence-corrected chi connectivity index (χ4v) is 1.78. The van der Waals surface area contributed by atoms with Gasteiger partial charge in [0, 0.05) is 10.7 Å². The summed E-state index contributed by atoms with van der Waals surface area (Å²) in [6.07, 6.45) is 1.47. The molecule has 0 saturated carbocycles. The summed E-state index contributed by atoms with van der Waals surface area (Å²) in [5.41, 5.74) is 1.32. The lowest BCUT2D eigenvalue weighted by Gasteiger charge is -2.05. The van der Waals surface area contributed by atoms with Gasteiger partial charge in [-0.3, -0.25) is 0 Å². The van der Waals surface area contributed by atoms with Crippen molar-refractivity contribution in [3.63, 3.8) is 0 Å². The van der Waals surface area contributed by atoms with E-state index in [0.717, 1.165) is 10.0 Å². The van der Waals surface area contributed by atoms with Crippen LogP contribution in [-0.2, 0) is 11.3 Å². The van der Waals surface area contributed by atoms with Crippen molar-refractivity contribution in [1.29, 1.82) is 0 Å². The Morgan fingerprint density at radius 1 is 1.28 bits per heavy atom. The maximum atomic E-state index is 11.7. The Bertz CT molecular complexity index is 557. The van der Waals surface area contributed by atoms with E-state index >= 15 is 0 Å². The van der Waals surface area contributed by atoms with Crippen LogP contribution in [0.4, 0.5) is 0 Å². The second kappa shape index (κ2) is 5.98. The van der Waals surface area contributed by atoms with E-state index < -0.39 is 5.97 Å². The highest BCUT2D eigenvalue weighted by Crippen LogP contribution is 2.13. The Hall–Kier alpha value is -1.39. The van der Waals surface area contributed by atoms with Crippen molar-refractivity contribution in [3.8, 4) is 0 Å². The van der Waals surface area contributed by atoms with Gasteiger partial charge in [-0.1, -0.05) is 39.7 Å². The Balaban J connectivity index is 1.98. The van der Waals surface area contributed by atoms with Crippen LogP contribution in [-0.4, -0.2) is 11.0 Å². The van der Waals surface area contributed by atoms with E-state index in [4.69, 9.17) is 16.3 Å². The molecular weight excluding hydrogens is 318 g/mol. The van der Waals surface area contributed by atoms with Crippen molar-refractivity contribution >= 4 is 33.5 Å². The maximum Gasteiger partial charge on any atom is 0.338 e. The highest BCUT2D eigenvalue weighted by atomic mass is 79.9. The van der Waals surface area contributed by atoms with Crippen LogP contribution in [0.5, 0.6) is 0 Å². The van der Waals surface area contributed by atoms with Crippen molar-refractivity contribution in [3.05, 3.63) is 63.3 Å². The monoisotopic (exact) mass is 325 g/mol. The van der Waals surface area contributed by atoms with Gasteiger partial charge in [-0.25, -0.2) is 9.78 Å². The largest absolute Gasteiger partial charge is 0.457 e. The molecule has 3 nitrogen and oxygen atoms in total. The fraction of sp³-hybridized carbons (Fsp3) is 0.0769. The summed E-state index contributed by atoms with van der Waals surface area (Å²) in [6.45, 7) is 0.228. The number of rotatable bonds is 3. The van der Waals surface area contributed by atoms with Gasteiger partial charge in [0.2, 0.25) is 0 Å². The predicted molar refractivity (Wildman–Crippen MR) is 72.5 cm³/mol. The number of halogens is 2. The highest BCUT2D eigenvalue weighted by molar-refractivity contribution is 9.10. The molecule has 2 rings (SSSR count). The number of hydrogen-bond donors (Lipinski definition) is 0. The molecule has 92 valence electrons. The van der Waals surface area contributed by atoms with Crippen LogP contribution in [0.25, 0.3) is 0 Å². The summed E-state index contributed by atoms with van der Waals surface area (Å²) in [5, 5.41) is 0.271. The zero-order chi connectivity index (χ0) is 13.0. The summed E-state index contributed by atoms with van der Waals surface area (Å²) in [6, 6.07) is 10.6. The average molecular weight is 327 g/mol. The third kappa shape index (κ3) is 3.55. The van der Waals surface area contributed by atoms with Gasteiger partial charge >= 0.3 is 5.97 Å². The number of pyridine rings is 1. The zero-order valence-corrected chi connectivity index (χ0v) is 11.6. The molecule has 0 aliphatic carbocycles. The summed E-state index contributed by atoms with van der Waals surface area (Å²) in [7, 11) is 0. The summed E-state index contributed by atoms with van der Waals surface area (Å²) in [4.78, 5) is 15.5. The summed E-state index contributed by atoms with van der Waals surface area (Å²) in [5.74, 6) is -0.415. The van der Waals surface area contributed by atoms with Crippen LogP contribution in [0.1, 0.15) is 15.9 Å². The molecule has 0 aliphatic rings. The number of hydrogen-bond acceptors (Lipinski definition) is 3. The number of esters is 1. The Labute approximate surface area is 118 Å². The van der Waals surface area contributed by atoms with Gasteiger partial charge in [-0.05, 0) is 29.8 Å². The van der Waals surface area contributed by atoms with E-state index in [1.54, 1.807) is 6.07 Å². The van der Waals surface area contributed by atoms with Crippen LogP contribution >= 0.6 is 27.5 Å². The first-order valence-corrected chi connectivity index (χ1v) is 6.35. The zero-order valence-electron chi connectivity index (χ0n) is 9.27. The standard InChI is InChI=1S/C13H9BrClNO2/c14-11-3-1-9(2-4-11)8-18-13(17)10-5-6-16-12(15)7-10/h1-7H,8H2. The van der Waals surface area contributed by atoms with Crippen molar-refractivity contribution in [1.82, 2.24) is 4.98 Å². The van der Waals surface area contributed by atoms with Crippen molar-refractivity contribution < 1.29 is 9.53 Å². The normalized spacial score (nSPS) is 10.1. The first kappa shape index (κ1) is 13.1.